The third-order valence-electron chi connectivity index (χ3n) is 4.36. The molecule has 1 atom stereocenters. The number of rotatable bonds is 7. The molecule has 0 aliphatic rings. The van der Waals surface area contributed by atoms with Crippen LogP contribution in [0.5, 0.6) is 0 Å². The Kier molecular flexibility index (Phi) is 5.27. The molecule has 5 nitrogen and oxygen atoms in total. The lowest BCUT2D eigenvalue weighted by atomic mass is 10.1. The van der Waals surface area contributed by atoms with Crippen molar-refractivity contribution in [3.05, 3.63) is 52.3 Å². The first-order chi connectivity index (χ1) is 11.7. The van der Waals surface area contributed by atoms with E-state index in [0.717, 1.165) is 24.0 Å². The Bertz CT molecular complexity index is 792. The minimum atomic E-state index is -0.0720. The van der Waals surface area contributed by atoms with Crippen LogP contribution in [-0.2, 0) is 0 Å². The first kappa shape index (κ1) is 16.7. The SMILES string of the molecule is CCN(CC)C(CNC(=O)c1cccc2cn[nH]c12)c1ccsc1. The Labute approximate surface area is 145 Å². The van der Waals surface area contributed by atoms with Crippen molar-refractivity contribution in [3.8, 4) is 0 Å². The van der Waals surface area contributed by atoms with Crippen LogP contribution in [-0.4, -0.2) is 40.6 Å². The number of hydrogen-bond acceptors (Lipinski definition) is 4. The van der Waals surface area contributed by atoms with Gasteiger partial charge in [0, 0.05) is 11.9 Å². The second-order valence-corrected chi connectivity index (χ2v) is 6.42. The molecule has 1 amide bonds. The highest BCUT2D eigenvalue weighted by atomic mass is 32.1. The number of thiophene rings is 1. The van der Waals surface area contributed by atoms with E-state index in [1.807, 2.05) is 18.2 Å². The third kappa shape index (κ3) is 3.34. The van der Waals surface area contributed by atoms with Gasteiger partial charge in [-0.2, -0.15) is 16.4 Å². The van der Waals surface area contributed by atoms with Gasteiger partial charge >= 0.3 is 0 Å². The summed E-state index contributed by atoms with van der Waals surface area (Å²) >= 11 is 1.69. The van der Waals surface area contributed by atoms with Gasteiger partial charge in [-0.25, -0.2) is 0 Å². The Balaban J connectivity index is 1.77. The van der Waals surface area contributed by atoms with Gasteiger partial charge in [-0.3, -0.25) is 14.8 Å². The molecular formula is C18H22N4OS. The fourth-order valence-corrected chi connectivity index (χ4v) is 3.74. The van der Waals surface area contributed by atoms with Gasteiger partial charge in [0.05, 0.1) is 23.3 Å². The van der Waals surface area contributed by atoms with Crippen LogP contribution in [0.3, 0.4) is 0 Å². The third-order valence-corrected chi connectivity index (χ3v) is 5.06. The Hall–Kier alpha value is -2.18. The van der Waals surface area contributed by atoms with E-state index in [4.69, 9.17) is 0 Å². The molecule has 0 bridgehead atoms. The number of carbonyl (C=O) groups is 1. The number of likely N-dealkylation sites (N-methyl/N-ethyl adjacent to an activating group) is 1. The lowest BCUT2D eigenvalue weighted by Gasteiger charge is -2.29. The minimum absolute atomic E-state index is 0.0720. The van der Waals surface area contributed by atoms with E-state index in [9.17, 15) is 4.79 Å². The number of H-pyrrole nitrogens is 1. The van der Waals surface area contributed by atoms with Crippen molar-refractivity contribution in [1.29, 1.82) is 0 Å². The van der Waals surface area contributed by atoms with Crippen LogP contribution in [0.4, 0.5) is 0 Å². The standard InChI is InChI=1S/C18H22N4OS/c1-3-22(4-2)16(14-8-9-24-12-14)11-19-18(23)15-7-5-6-13-10-20-21-17(13)15/h5-10,12,16H,3-4,11H2,1-2H3,(H,19,23)(H,20,21). The van der Waals surface area contributed by atoms with Gasteiger partial charge < -0.3 is 5.32 Å². The summed E-state index contributed by atoms with van der Waals surface area (Å²) in [6, 6.07) is 7.98. The number of para-hydroxylation sites is 1. The first-order valence-electron chi connectivity index (χ1n) is 8.21. The average molecular weight is 342 g/mol. The van der Waals surface area contributed by atoms with Crippen LogP contribution >= 0.6 is 11.3 Å². The molecule has 2 N–H and O–H groups in total. The van der Waals surface area contributed by atoms with Crippen molar-refractivity contribution in [2.45, 2.75) is 19.9 Å². The molecule has 0 saturated carbocycles. The quantitative estimate of drug-likeness (QED) is 0.691. The molecule has 6 heteroatoms. The number of amides is 1. The number of aromatic amines is 1. The monoisotopic (exact) mass is 342 g/mol. The normalized spacial score (nSPS) is 12.6. The topological polar surface area (TPSA) is 61.0 Å². The van der Waals surface area contributed by atoms with E-state index in [0.29, 0.717) is 12.1 Å². The highest BCUT2D eigenvalue weighted by Crippen LogP contribution is 2.22. The van der Waals surface area contributed by atoms with Crippen molar-refractivity contribution in [1.82, 2.24) is 20.4 Å². The molecule has 1 unspecified atom stereocenters. The molecule has 126 valence electrons. The second kappa shape index (κ2) is 7.59. The van der Waals surface area contributed by atoms with Crippen LogP contribution in [0.25, 0.3) is 10.9 Å². The summed E-state index contributed by atoms with van der Waals surface area (Å²) < 4.78 is 0. The van der Waals surface area contributed by atoms with Crippen molar-refractivity contribution >= 4 is 28.1 Å². The number of hydrogen-bond donors (Lipinski definition) is 2. The van der Waals surface area contributed by atoms with Crippen LogP contribution in [0.15, 0.2) is 41.2 Å². The summed E-state index contributed by atoms with van der Waals surface area (Å²) in [5.41, 5.74) is 2.67. The predicted molar refractivity (Wildman–Crippen MR) is 98.4 cm³/mol. The summed E-state index contributed by atoms with van der Waals surface area (Å²) in [5, 5.41) is 15.2. The van der Waals surface area contributed by atoms with E-state index in [1.165, 1.54) is 5.56 Å². The predicted octanol–water partition coefficient (Wildman–Crippen LogP) is 3.44. The zero-order chi connectivity index (χ0) is 16.9. The molecule has 0 spiro atoms. The Morgan fingerprint density at radius 2 is 2.17 bits per heavy atom. The van der Waals surface area contributed by atoms with Gasteiger partial charge in [0.1, 0.15) is 0 Å². The van der Waals surface area contributed by atoms with Crippen molar-refractivity contribution < 1.29 is 4.79 Å². The molecule has 1 aromatic carbocycles. The zero-order valence-electron chi connectivity index (χ0n) is 14.0. The summed E-state index contributed by atoms with van der Waals surface area (Å²) in [4.78, 5) is 15.0. The van der Waals surface area contributed by atoms with Gasteiger partial charge in [0.2, 0.25) is 0 Å². The number of nitrogens with zero attached hydrogens (tertiary/aromatic N) is 2. The Morgan fingerprint density at radius 3 is 2.88 bits per heavy atom. The van der Waals surface area contributed by atoms with Gasteiger partial charge in [-0.05, 0) is 41.5 Å². The minimum Gasteiger partial charge on any atom is -0.350 e. The fraction of sp³-hybridized carbons (Fsp3) is 0.333. The molecule has 0 fully saturated rings. The van der Waals surface area contributed by atoms with Crippen molar-refractivity contribution in [2.24, 2.45) is 0 Å². The average Bonchev–Trinajstić information content (AvgIpc) is 3.29. The number of aromatic nitrogens is 2. The molecule has 0 aliphatic carbocycles. The van der Waals surface area contributed by atoms with E-state index < -0.39 is 0 Å². The van der Waals surface area contributed by atoms with E-state index >= 15 is 0 Å². The molecule has 3 rings (SSSR count). The summed E-state index contributed by atoms with van der Waals surface area (Å²) in [6.07, 6.45) is 1.73. The van der Waals surface area contributed by atoms with E-state index in [2.05, 4.69) is 51.1 Å². The molecule has 2 aromatic heterocycles. The van der Waals surface area contributed by atoms with E-state index in [1.54, 1.807) is 17.5 Å². The maximum Gasteiger partial charge on any atom is 0.253 e. The van der Waals surface area contributed by atoms with Crippen LogP contribution in [0.2, 0.25) is 0 Å². The summed E-state index contributed by atoms with van der Waals surface area (Å²) in [6.45, 7) is 6.78. The maximum absolute atomic E-state index is 12.7. The molecule has 0 radical (unpaired) electrons. The highest BCUT2D eigenvalue weighted by Gasteiger charge is 2.20. The van der Waals surface area contributed by atoms with Crippen molar-refractivity contribution in [2.75, 3.05) is 19.6 Å². The van der Waals surface area contributed by atoms with Gasteiger partial charge in [-0.1, -0.05) is 26.0 Å². The van der Waals surface area contributed by atoms with Gasteiger partial charge in [-0.15, -0.1) is 0 Å². The number of carbonyl (C=O) groups excluding carboxylic acids is 1. The molecule has 24 heavy (non-hydrogen) atoms. The maximum atomic E-state index is 12.7. The zero-order valence-corrected chi connectivity index (χ0v) is 14.8. The van der Waals surface area contributed by atoms with Crippen LogP contribution in [0.1, 0.15) is 35.8 Å². The summed E-state index contributed by atoms with van der Waals surface area (Å²) in [7, 11) is 0. The second-order valence-electron chi connectivity index (χ2n) is 5.64. The first-order valence-corrected chi connectivity index (χ1v) is 9.15. The summed E-state index contributed by atoms with van der Waals surface area (Å²) in [5.74, 6) is -0.0720. The molecule has 0 saturated heterocycles. The molecule has 2 heterocycles. The molecule has 3 aromatic rings. The highest BCUT2D eigenvalue weighted by molar-refractivity contribution is 7.07. The van der Waals surface area contributed by atoms with E-state index in [-0.39, 0.29) is 11.9 Å². The Morgan fingerprint density at radius 1 is 1.33 bits per heavy atom. The van der Waals surface area contributed by atoms with Gasteiger partial charge in [0.25, 0.3) is 5.91 Å². The van der Waals surface area contributed by atoms with Crippen LogP contribution < -0.4 is 5.32 Å². The van der Waals surface area contributed by atoms with Crippen LogP contribution in [0, 0.1) is 0 Å². The fourth-order valence-electron chi connectivity index (χ4n) is 3.03. The molecular weight excluding hydrogens is 320 g/mol. The lowest BCUT2D eigenvalue weighted by molar-refractivity contribution is 0.0936. The smallest absolute Gasteiger partial charge is 0.253 e. The number of nitrogens with one attached hydrogen (secondary N) is 2. The lowest BCUT2D eigenvalue weighted by Crippen LogP contribution is -2.38. The van der Waals surface area contributed by atoms with Gasteiger partial charge in [0.15, 0.2) is 0 Å². The number of benzene rings is 1. The largest absolute Gasteiger partial charge is 0.350 e. The van der Waals surface area contributed by atoms with Crippen molar-refractivity contribution in [3.63, 3.8) is 0 Å². The molecule has 0 aliphatic heterocycles. The number of fused-ring (bicyclic) bond motifs is 1.